The third-order valence-corrected chi connectivity index (χ3v) is 10.3. The Morgan fingerprint density at radius 2 is 1.74 bits per heavy atom. The number of hydrogen-bond donors (Lipinski definition) is 0. The van der Waals surface area contributed by atoms with E-state index in [0.717, 1.165) is 44.9 Å². The number of rotatable bonds is 5. The molecule has 0 aromatic rings. The fraction of sp³-hybridized carbons (Fsp3) is 0.815. The molecule has 7 atom stereocenters. The highest BCUT2D eigenvalue weighted by molar-refractivity contribution is 5.91. The lowest BCUT2D eigenvalue weighted by Crippen LogP contribution is -2.59. The number of esters is 1. The minimum absolute atomic E-state index is 0.0262. The van der Waals surface area contributed by atoms with Gasteiger partial charge in [-0.25, -0.2) is 0 Å². The summed E-state index contributed by atoms with van der Waals surface area (Å²) in [6, 6.07) is 0. The Balaban J connectivity index is 1.65. The van der Waals surface area contributed by atoms with Crippen molar-refractivity contribution in [3.05, 3.63) is 12.2 Å². The van der Waals surface area contributed by atoms with Gasteiger partial charge in [0, 0.05) is 11.8 Å². The molecule has 0 aliphatic heterocycles. The topological polar surface area (TPSA) is 60.4 Å². The van der Waals surface area contributed by atoms with Gasteiger partial charge >= 0.3 is 5.97 Å². The maximum Gasteiger partial charge on any atom is 0.309 e. The highest BCUT2D eigenvalue weighted by Gasteiger charge is 2.68. The van der Waals surface area contributed by atoms with E-state index in [1.165, 1.54) is 0 Å². The van der Waals surface area contributed by atoms with E-state index in [2.05, 4.69) is 19.9 Å². The van der Waals surface area contributed by atoms with Crippen LogP contribution in [0.1, 0.15) is 92.4 Å². The van der Waals surface area contributed by atoms with Crippen LogP contribution in [0.2, 0.25) is 0 Å². The van der Waals surface area contributed by atoms with Crippen molar-refractivity contribution in [2.75, 3.05) is 0 Å². The molecule has 0 saturated heterocycles. The molecule has 0 amide bonds. The Hall–Kier alpha value is -1.45. The molecule has 172 valence electrons. The SMILES string of the molecule is CCC(CC)C(=O)O[C@]1(C(C)=O)CC[C@H]2[C@@H]3CC[C@H]4CC(=O)C=C[C@]4(C)[C@H]3CC[C@@]21C. The van der Waals surface area contributed by atoms with Crippen molar-refractivity contribution < 1.29 is 19.1 Å². The number of ketones is 2. The molecule has 0 heterocycles. The van der Waals surface area contributed by atoms with Gasteiger partial charge in [0.05, 0.1) is 5.92 Å². The molecule has 0 aromatic carbocycles. The van der Waals surface area contributed by atoms with Crippen molar-refractivity contribution in [1.82, 2.24) is 0 Å². The molecule has 4 aliphatic carbocycles. The predicted octanol–water partition coefficient (Wildman–Crippen LogP) is 5.68. The molecule has 3 saturated carbocycles. The number of allylic oxidation sites excluding steroid dienone is 2. The largest absolute Gasteiger partial charge is 0.450 e. The second-order valence-corrected chi connectivity index (χ2v) is 11.3. The Morgan fingerprint density at radius 1 is 1.06 bits per heavy atom. The molecule has 0 radical (unpaired) electrons. The van der Waals surface area contributed by atoms with Gasteiger partial charge < -0.3 is 4.74 Å². The normalized spacial score (nSPS) is 43.9. The van der Waals surface area contributed by atoms with E-state index in [-0.39, 0.29) is 34.3 Å². The minimum Gasteiger partial charge on any atom is -0.450 e. The minimum atomic E-state index is -0.974. The first-order valence-electron chi connectivity index (χ1n) is 12.6. The summed E-state index contributed by atoms with van der Waals surface area (Å²) in [4.78, 5) is 38.2. The first kappa shape index (κ1) is 22.7. The second kappa shape index (κ2) is 7.85. The standard InChI is InChI=1S/C27H40O4/c1-6-18(7-2)24(30)31-27(17(3)28)15-12-23-21-9-8-19-16-20(29)10-13-25(19,4)22(21)11-14-26(23,27)5/h10,13,18-19,21-23H,6-9,11-12,14-16H2,1-5H3/t19-,21+,22-,23-,25-,26-,27-/m0/s1. The summed E-state index contributed by atoms with van der Waals surface area (Å²) in [5.74, 6) is 1.90. The van der Waals surface area contributed by atoms with Crippen LogP contribution in [0.15, 0.2) is 12.2 Å². The van der Waals surface area contributed by atoms with Crippen LogP contribution in [0, 0.1) is 40.4 Å². The number of Topliss-reactive ketones (excluding diaryl/α,β-unsaturated/α-hetero) is 1. The van der Waals surface area contributed by atoms with Crippen molar-refractivity contribution >= 4 is 17.5 Å². The zero-order valence-corrected chi connectivity index (χ0v) is 20.0. The van der Waals surface area contributed by atoms with E-state index in [1.54, 1.807) is 6.92 Å². The van der Waals surface area contributed by atoms with Crippen molar-refractivity contribution in [3.8, 4) is 0 Å². The Kier molecular flexibility index (Phi) is 5.75. The third kappa shape index (κ3) is 3.18. The first-order chi connectivity index (χ1) is 14.6. The van der Waals surface area contributed by atoms with Crippen LogP contribution in [-0.4, -0.2) is 23.1 Å². The molecule has 0 N–H and O–H groups in total. The average molecular weight is 429 g/mol. The van der Waals surface area contributed by atoms with Crippen molar-refractivity contribution in [2.45, 2.75) is 98.0 Å². The van der Waals surface area contributed by atoms with Gasteiger partial charge in [-0.15, -0.1) is 0 Å². The molecule has 0 bridgehead atoms. The molecule has 4 heteroatoms. The van der Waals surface area contributed by atoms with Gasteiger partial charge in [0.2, 0.25) is 0 Å². The van der Waals surface area contributed by atoms with Gasteiger partial charge in [-0.05, 0) is 93.5 Å². The number of hydrogen-bond acceptors (Lipinski definition) is 4. The second-order valence-electron chi connectivity index (χ2n) is 11.3. The molecule has 4 aliphatic rings. The van der Waals surface area contributed by atoms with Crippen LogP contribution < -0.4 is 0 Å². The summed E-state index contributed by atoms with van der Waals surface area (Å²) in [7, 11) is 0. The van der Waals surface area contributed by atoms with Crippen LogP contribution in [0.4, 0.5) is 0 Å². The molecule has 31 heavy (non-hydrogen) atoms. The lowest BCUT2D eigenvalue weighted by Gasteiger charge is -2.59. The summed E-state index contributed by atoms with van der Waals surface area (Å²) in [6.07, 6.45) is 12.0. The zero-order chi connectivity index (χ0) is 22.6. The summed E-state index contributed by atoms with van der Waals surface area (Å²) in [6.45, 7) is 10.3. The lowest BCUT2D eigenvalue weighted by atomic mass is 9.45. The number of carbonyl (C=O) groups excluding carboxylic acids is 3. The molecular formula is C27H40O4. The molecule has 4 rings (SSSR count). The van der Waals surface area contributed by atoms with Crippen LogP contribution in [0.25, 0.3) is 0 Å². The molecular weight excluding hydrogens is 388 g/mol. The fourth-order valence-electron chi connectivity index (χ4n) is 8.33. The quantitative estimate of drug-likeness (QED) is 0.529. The van der Waals surface area contributed by atoms with Gasteiger partial charge in [0.1, 0.15) is 0 Å². The maximum atomic E-state index is 13.1. The van der Waals surface area contributed by atoms with Crippen molar-refractivity contribution in [1.29, 1.82) is 0 Å². The van der Waals surface area contributed by atoms with E-state index in [0.29, 0.717) is 36.5 Å². The van der Waals surface area contributed by atoms with E-state index < -0.39 is 5.60 Å². The fourth-order valence-corrected chi connectivity index (χ4v) is 8.33. The van der Waals surface area contributed by atoms with Crippen LogP contribution in [0.5, 0.6) is 0 Å². The van der Waals surface area contributed by atoms with Gasteiger partial charge in [-0.2, -0.15) is 0 Å². The van der Waals surface area contributed by atoms with E-state index >= 15 is 0 Å². The van der Waals surface area contributed by atoms with E-state index in [9.17, 15) is 14.4 Å². The molecule has 4 nitrogen and oxygen atoms in total. The number of carbonyl (C=O) groups is 3. The third-order valence-electron chi connectivity index (χ3n) is 10.3. The number of fused-ring (bicyclic) bond motifs is 5. The molecule has 3 fully saturated rings. The zero-order valence-electron chi connectivity index (χ0n) is 20.0. The molecule has 0 unspecified atom stereocenters. The van der Waals surface area contributed by atoms with Crippen molar-refractivity contribution in [2.24, 2.45) is 40.4 Å². The van der Waals surface area contributed by atoms with E-state index in [1.807, 2.05) is 19.9 Å². The summed E-state index contributed by atoms with van der Waals surface area (Å²) in [5.41, 5.74) is -1.19. The first-order valence-corrected chi connectivity index (χ1v) is 12.6. The summed E-state index contributed by atoms with van der Waals surface area (Å²) >= 11 is 0. The average Bonchev–Trinajstić information content (AvgIpc) is 3.03. The Labute approximate surface area is 187 Å². The smallest absolute Gasteiger partial charge is 0.309 e. The maximum absolute atomic E-state index is 13.1. The van der Waals surface area contributed by atoms with Gasteiger partial charge in [-0.1, -0.05) is 33.8 Å². The van der Waals surface area contributed by atoms with Gasteiger partial charge in [-0.3, -0.25) is 14.4 Å². The number of ether oxygens (including phenoxy) is 1. The summed E-state index contributed by atoms with van der Waals surface area (Å²) < 4.78 is 6.26. The van der Waals surface area contributed by atoms with Crippen LogP contribution in [-0.2, 0) is 19.1 Å². The van der Waals surface area contributed by atoms with Crippen LogP contribution >= 0.6 is 0 Å². The molecule has 0 spiro atoms. The van der Waals surface area contributed by atoms with E-state index in [4.69, 9.17) is 4.74 Å². The van der Waals surface area contributed by atoms with Crippen molar-refractivity contribution in [3.63, 3.8) is 0 Å². The highest BCUT2D eigenvalue weighted by atomic mass is 16.6. The Bertz CT molecular complexity index is 795. The van der Waals surface area contributed by atoms with Gasteiger partial charge in [0.15, 0.2) is 17.2 Å². The Morgan fingerprint density at radius 3 is 2.39 bits per heavy atom. The molecule has 0 aromatic heterocycles. The van der Waals surface area contributed by atoms with Crippen LogP contribution in [0.3, 0.4) is 0 Å². The highest BCUT2D eigenvalue weighted by Crippen LogP contribution is 2.68. The predicted molar refractivity (Wildman–Crippen MR) is 120 cm³/mol. The summed E-state index contributed by atoms with van der Waals surface area (Å²) in [5, 5.41) is 0. The van der Waals surface area contributed by atoms with Gasteiger partial charge in [0.25, 0.3) is 0 Å². The lowest BCUT2D eigenvalue weighted by molar-refractivity contribution is -0.193. The monoisotopic (exact) mass is 428 g/mol.